The van der Waals surface area contributed by atoms with Gasteiger partial charge in [0.1, 0.15) is 0 Å². The summed E-state index contributed by atoms with van der Waals surface area (Å²) in [4.78, 5) is 0. The Hall–Kier alpha value is -5.86. The van der Waals surface area contributed by atoms with Gasteiger partial charge < -0.3 is 9.13 Å². The van der Waals surface area contributed by atoms with Gasteiger partial charge in [0.05, 0.1) is 27.8 Å². The number of rotatable bonds is 5. The molecule has 0 fully saturated rings. The molecule has 0 radical (unpaired) electrons. The van der Waals surface area contributed by atoms with Crippen molar-refractivity contribution >= 4 is 43.6 Å². The van der Waals surface area contributed by atoms with E-state index in [4.69, 9.17) is 0 Å². The summed E-state index contributed by atoms with van der Waals surface area (Å²) >= 11 is 0. The highest BCUT2D eigenvalue weighted by atomic mass is 15.0. The van der Waals surface area contributed by atoms with Crippen molar-refractivity contribution in [1.29, 1.82) is 0 Å². The van der Waals surface area contributed by atoms with Crippen molar-refractivity contribution in [3.05, 3.63) is 180 Å². The lowest BCUT2D eigenvalue weighted by molar-refractivity contribution is 0.590. The Morgan fingerprint density at radius 1 is 0.345 bits per heavy atom. The van der Waals surface area contributed by atoms with Crippen LogP contribution in [0.25, 0.3) is 66.1 Å². The van der Waals surface area contributed by atoms with E-state index in [0.29, 0.717) is 0 Å². The molecule has 0 saturated carbocycles. The van der Waals surface area contributed by atoms with Gasteiger partial charge in [-0.15, -0.1) is 0 Å². The zero-order valence-corrected chi connectivity index (χ0v) is 33.4. The fourth-order valence-corrected chi connectivity index (χ4v) is 8.66. The second-order valence-electron chi connectivity index (χ2n) is 17.9. The second kappa shape index (κ2) is 12.6. The summed E-state index contributed by atoms with van der Waals surface area (Å²) in [5.74, 6) is 0. The Labute approximate surface area is 325 Å². The van der Waals surface area contributed by atoms with Gasteiger partial charge in [0.2, 0.25) is 0 Å². The SMILES string of the molecule is CC(C)(C)c1ccc2c(c1)c1cc(C(C)(C)C)ccc1n2-c1ccc2c(c1)c1cc(-c3ccccc3)ccc1n2-c1ccccc1C(C)(C)c1ccccc1. The third-order valence-corrected chi connectivity index (χ3v) is 11.9. The molecule has 9 rings (SSSR count). The first-order chi connectivity index (χ1) is 26.3. The molecule has 2 aromatic heterocycles. The summed E-state index contributed by atoms with van der Waals surface area (Å²) in [7, 11) is 0. The van der Waals surface area contributed by atoms with Gasteiger partial charge in [0.15, 0.2) is 0 Å². The van der Waals surface area contributed by atoms with E-state index in [0.717, 1.165) is 0 Å². The highest BCUT2D eigenvalue weighted by Crippen LogP contribution is 2.43. The van der Waals surface area contributed by atoms with E-state index in [1.54, 1.807) is 0 Å². The van der Waals surface area contributed by atoms with Gasteiger partial charge in [-0.3, -0.25) is 0 Å². The normalized spacial score (nSPS) is 12.7. The van der Waals surface area contributed by atoms with E-state index in [1.165, 1.54) is 88.4 Å². The van der Waals surface area contributed by atoms with Crippen molar-refractivity contribution in [3.8, 4) is 22.5 Å². The van der Waals surface area contributed by atoms with Gasteiger partial charge in [-0.1, -0.05) is 152 Å². The fraction of sp³-hybridized carbons (Fsp3) is 0.208. The van der Waals surface area contributed by atoms with Crippen molar-refractivity contribution in [2.24, 2.45) is 0 Å². The summed E-state index contributed by atoms with van der Waals surface area (Å²) in [5.41, 5.74) is 14.9. The maximum Gasteiger partial charge on any atom is 0.0542 e. The molecule has 0 aliphatic heterocycles. The number of nitrogens with zero attached hydrogens (tertiary/aromatic N) is 2. The predicted molar refractivity (Wildman–Crippen MR) is 237 cm³/mol. The van der Waals surface area contributed by atoms with Crippen molar-refractivity contribution in [2.75, 3.05) is 0 Å². The first-order valence-corrected chi connectivity index (χ1v) is 19.7. The number of fused-ring (bicyclic) bond motifs is 6. The van der Waals surface area contributed by atoms with Crippen molar-refractivity contribution in [1.82, 2.24) is 9.13 Å². The minimum Gasteiger partial charge on any atom is -0.309 e. The average molecular weight is 715 g/mol. The Morgan fingerprint density at radius 2 is 0.818 bits per heavy atom. The zero-order chi connectivity index (χ0) is 38.3. The lowest BCUT2D eigenvalue weighted by Gasteiger charge is -2.29. The zero-order valence-electron chi connectivity index (χ0n) is 33.4. The molecule has 0 bridgehead atoms. The third kappa shape index (κ3) is 5.78. The van der Waals surface area contributed by atoms with Crippen LogP contribution in [0.5, 0.6) is 0 Å². The van der Waals surface area contributed by atoms with Gasteiger partial charge in [-0.25, -0.2) is 0 Å². The molecule has 2 nitrogen and oxygen atoms in total. The standard InChI is InChI=1S/C53H50N2/c1-51(2,3)38-24-28-46-42(32-38)43-33-39(52(4,5)6)25-29-47(43)54(46)40-26-30-49-44(34-40)41-31-36(35-17-11-9-12-18-35)23-27-48(41)55(49)50-22-16-15-21-45(50)53(7,8)37-19-13-10-14-20-37/h9-34H,1-8H3. The molecule has 2 heterocycles. The van der Waals surface area contributed by atoms with Crippen LogP contribution in [0.2, 0.25) is 0 Å². The summed E-state index contributed by atoms with van der Waals surface area (Å²) in [6.07, 6.45) is 0. The lowest BCUT2D eigenvalue weighted by atomic mass is 9.77. The summed E-state index contributed by atoms with van der Waals surface area (Å²) in [6, 6.07) is 58.9. The van der Waals surface area contributed by atoms with Crippen LogP contribution in [0, 0.1) is 0 Å². The second-order valence-corrected chi connectivity index (χ2v) is 17.9. The van der Waals surface area contributed by atoms with Crippen molar-refractivity contribution in [3.63, 3.8) is 0 Å². The molecule has 0 aliphatic rings. The molecule has 272 valence electrons. The first kappa shape index (κ1) is 34.9. The van der Waals surface area contributed by atoms with Gasteiger partial charge in [0.25, 0.3) is 0 Å². The fourth-order valence-electron chi connectivity index (χ4n) is 8.66. The van der Waals surface area contributed by atoms with Crippen LogP contribution in [-0.4, -0.2) is 9.13 Å². The topological polar surface area (TPSA) is 9.86 Å². The Balaban J connectivity index is 1.34. The van der Waals surface area contributed by atoms with Gasteiger partial charge in [-0.2, -0.15) is 0 Å². The molecule has 55 heavy (non-hydrogen) atoms. The van der Waals surface area contributed by atoms with Gasteiger partial charge in [0, 0.05) is 32.6 Å². The van der Waals surface area contributed by atoms with E-state index in [2.05, 4.69) is 222 Å². The van der Waals surface area contributed by atoms with E-state index in [-0.39, 0.29) is 16.2 Å². The van der Waals surface area contributed by atoms with Crippen LogP contribution in [0.3, 0.4) is 0 Å². The third-order valence-electron chi connectivity index (χ3n) is 11.9. The maximum atomic E-state index is 2.50. The Morgan fingerprint density at radius 3 is 1.42 bits per heavy atom. The minimum atomic E-state index is -0.217. The first-order valence-electron chi connectivity index (χ1n) is 19.7. The molecule has 0 amide bonds. The van der Waals surface area contributed by atoms with Gasteiger partial charge >= 0.3 is 0 Å². The highest BCUT2D eigenvalue weighted by Gasteiger charge is 2.28. The van der Waals surface area contributed by atoms with E-state index >= 15 is 0 Å². The molecule has 2 heteroatoms. The summed E-state index contributed by atoms with van der Waals surface area (Å²) < 4.78 is 4.99. The maximum absolute atomic E-state index is 2.50. The van der Waals surface area contributed by atoms with E-state index in [9.17, 15) is 0 Å². The average Bonchev–Trinajstić information content (AvgIpc) is 3.69. The quantitative estimate of drug-likeness (QED) is 0.168. The Kier molecular flexibility index (Phi) is 7.99. The van der Waals surface area contributed by atoms with Crippen LogP contribution < -0.4 is 0 Å². The molecule has 7 aromatic carbocycles. The van der Waals surface area contributed by atoms with Crippen molar-refractivity contribution in [2.45, 2.75) is 71.6 Å². The van der Waals surface area contributed by atoms with E-state index in [1.807, 2.05) is 0 Å². The molecule has 0 N–H and O–H groups in total. The number of aromatic nitrogens is 2. The molecule has 0 spiro atoms. The Bertz CT molecular complexity index is 2820. The van der Waals surface area contributed by atoms with Crippen LogP contribution in [0.4, 0.5) is 0 Å². The molecule has 0 aliphatic carbocycles. The monoisotopic (exact) mass is 714 g/mol. The smallest absolute Gasteiger partial charge is 0.0542 e. The number of benzene rings is 7. The van der Waals surface area contributed by atoms with Crippen LogP contribution in [-0.2, 0) is 16.2 Å². The lowest BCUT2D eigenvalue weighted by Crippen LogP contribution is -2.21. The number of hydrogen-bond donors (Lipinski definition) is 0. The summed E-state index contributed by atoms with van der Waals surface area (Å²) in [5, 5.41) is 5.10. The number of hydrogen-bond acceptors (Lipinski definition) is 0. The number of para-hydroxylation sites is 1. The van der Waals surface area contributed by atoms with Crippen LogP contribution in [0.1, 0.15) is 77.6 Å². The minimum absolute atomic E-state index is 0.0484. The van der Waals surface area contributed by atoms with E-state index < -0.39 is 0 Å². The molecule has 0 atom stereocenters. The highest BCUT2D eigenvalue weighted by molar-refractivity contribution is 6.13. The predicted octanol–water partition coefficient (Wildman–Crippen LogP) is 14.5. The van der Waals surface area contributed by atoms with Crippen LogP contribution in [0.15, 0.2) is 158 Å². The molecular weight excluding hydrogens is 665 g/mol. The van der Waals surface area contributed by atoms with Crippen LogP contribution >= 0.6 is 0 Å². The molecule has 0 saturated heterocycles. The molecule has 9 aromatic rings. The van der Waals surface area contributed by atoms with Crippen molar-refractivity contribution < 1.29 is 0 Å². The largest absolute Gasteiger partial charge is 0.309 e. The molecular formula is C53H50N2. The molecule has 0 unspecified atom stereocenters. The van der Waals surface area contributed by atoms with Gasteiger partial charge in [-0.05, 0) is 105 Å². The summed E-state index contributed by atoms with van der Waals surface area (Å²) in [6.45, 7) is 18.5.